The lowest BCUT2D eigenvalue weighted by Crippen LogP contribution is -1.94. The molecule has 1 radical (unpaired) electrons. The Kier molecular flexibility index (Phi) is 1.24. The van der Waals surface area contributed by atoms with Gasteiger partial charge in [-0.2, -0.15) is 0 Å². The summed E-state index contributed by atoms with van der Waals surface area (Å²) < 4.78 is 11.9. The molecule has 0 heterocycles. The molecule has 0 aromatic carbocycles. The van der Waals surface area contributed by atoms with E-state index >= 15 is 0 Å². The van der Waals surface area contributed by atoms with E-state index in [1.807, 2.05) is 0 Å². The molecule has 2 heteroatoms. The van der Waals surface area contributed by atoms with Crippen LogP contribution in [0.25, 0.3) is 0 Å². The first kappa shape index (κ1) is 5.22. The van der Waals surface area contributed by atoms with Gasteiger partial charge < -0.3 is 0 Å². The van der Waals surface area contributed by atoms with Crippen molar-refractivity contribution in [1.82, 2.24) is 0 Å². The lowest BCUT2D eigenvalue weighted by atomic mass is 10.2. The molecule has 41 valence electrons. The Morgan fingerprint density at radius 2 is 2.50 bits per heavy atom. The van der Waals surface area contributed by atoms with Crippen LogP contribution in [0.3, 0.4) is 0 Å². The fourth-order valence-electron chi connectivity index (χ4n) is 0.457. The number of carbonyl (C=O) groups excluding carboxylic acids is 1. The van der Waals surface area contributed by atoms with E-state index < -0.39 is 0 Å². The zero-order chi connectivity index (χ0) is 5.98. The number of ketones is 1. The molecule has 0 atom stereocenters. The van der Waals surface area contributed by atoms with Crippen molar-refractivity contribution in [2.24, 2.45) is 0 Å². The van der Waals surface area contributed by atoms with Gasteiger partial charge in [0.1, 0.15) is 5.83 Å². The molecule has 0 N–H and O–H groups in total. The van der Waals surface area contributed by atoms with E-state index in [4.69, 9.17) is 0 Å². The summed E-state index contributed by atoms with van der Waals surface area (Å²) in [5.41, 5.74) is 0. The van der Waals surface area contributed by atoms with E-state index in [1.54, 1.807) is 0 Å². The Morgan fingerprint density at radius 3 is 2.88 bits per heavy atom. The molecule has 0 fully saturated rings. The highest BCUT2D eigenvalue weighted by Crippen LogP contribution is 2.05. The first-order valence-corrected chi connectivity index (χ1v) is 2.27. The van der Waals surface area contributed by atoms with Crippen molar-refractivity contribution >= 4 is 5.78 Å². The third-order valence-electron chi connectivity index (χ3n) is 0.854. The maximum atomic E-state index is 11.9. The highest BCUT2D eigenvalue weighted by Gasteiger charge is 2.00. The van der Waals surface area contributed by atoms with Crippen LogP contribution in [0.4, 0.5) is 4.39 Å². The molecule has 0 amide bonds. The van der Waals surface area contributed by atoms with Crippen LogP contribution in [0.15, 0.2) is 18.0 Å². The van der Waals surface area contributed by atoms with Crippen molar-refractivity contribution in [3.8, 4) is 0 Å². The monoisotopic (exact) mass is 111 g/mol. The maximum Gasteiger partial charge on any atom is 0.167 e. The van der Waals surface area contributed by atoms with Crippen LogP contribution in [0, 0.1) is 6.08 Å². The summed E-state index contributed by atoms with van der Waals surface area (Å²) in [5, 5.41) is 0. The van der Waals surface area contributed by atoms with Gasteiger partial charge in [0, 0.05) is 12.5 Å². The standard InChI is InChI=1S/C6H4FO/c7-5-1-3-6(8)4-2-5/h1-2H,3H2. The van der Waals surface area contributed by atoms with Crippen molar-refractivity contribution < 1.29 is 9.18 Å². The van der Waals surface area contributed by atoms with Crippen molar-refractivity contribution in [3.05, 3.63) is 24.1 Å². The molecule has 0 aromatic rings. The molecule has 8 heavy (non-hydrogen) atoms. The summed E-state index contributed by atoms with van der Waals surface area (Å²) in [6.45, 7) is 0. The van der Waals surface area contributed by atoms with Crippen molar-refractivity contribution in [3.63, 3.8) is 0 Å². The average Bonchev–Trinajstić information content (AvgIpc) is 1.77. The molecule has 0 saturated heterocycles. The third-order valence-corrected chi connectivity index (χ3v) is 0.854. The van der Waals surface area contributed by atoms with Crippen LogP contribution in [0.2, 0.25) is 0 Å². The topological polar surface area (TPSA) is 17.1 Å². The summed E-state index contributed by atoms with van der Waals surface area (Å²) in [6, 6.07) is 0. The first-order valence-electron chi connectivity index (χ1n) is 2.27. The SMILES string of the molecule is O=C1[C]=CC(F)=CC1. The molecule has 0 saturated carbocycles. The fourth-order valence-corrected chi connectivity index (χ4v) is 0.457. The van der Waals surface area contributed by atoms with Crippen LogP contribution >= 0.6 is 0 Å². The number of carbonyl (C=O) groups is 1. The average molecular weight is 111 g/mol. The number of hydrogen-bond acceptors (Lipinski definition) is 1. The second kappa shape index (κ2) is 1.90. The first-order chi connectivity index (χ1) is 3.79. The highest BCUT2D eigenvalue weighted by atomic mass is 19.1. The van der Waals surface area contributed by atoms with E-state index in [1.165, 1.54) is 6.08 Å². The van der Waals surface area contributed by atoms with Gasteiger partial charge in [0.2, 0.25) is 0 Å². The number of halogens is 1. The van der Waals surface area contributed by atoms with E-state index in [9.17, 15) is 9.18 Å². The van der Waals surface area contributed by atoms with Crippen molar-refractivity contribution in [1.29, 1.82) is 0 Å². The molecular formula is C6H4FO. The second-order valence-corrected chi connectivity index (χ2v) is 1.50. The predicted molar refractivity (Wildman–Crippen MR) is 26.6 cm³/mol. The Hall–Kier alpha value is -0.920. The number of allylic oxidation sites excluding steroid dienone is 4. The summed E-state index contributed by atoms with van der Waals surface area (Å²) in [6.07, 6.45) is 4.66. The van der Waals surface area contributed by atoms with Gasteiger partial charge in [-0.3, -0.25) is 4.79 Å². The molecule has 1 rings (SSSR count). The van der Waals surface area contributed by atoms with E-state index in [0.29, 0.717) is 0 Å². The quantitative estimate of drug-likeness (QED) is 0.458. The molecule has 1 nitrogen and oxygen atoms in total. The van der Waals surface area contributed by atoms with Crippen molar-refractivity contribution in [2.75, 3.05) is 0 Å². The van der Waals surface area contributed by atoms with Gasteiger partial charge in [-0.05, 0) is 12.2 Å². The van der Waals surface area contributed by atoms with Gasteiger partial charge >= 0.3 is 0 Å². The third kappa shape index (κ3) is 1.03. The molecular weight excluding hydrogens is 107 g/mol. The van der Waals surface area contributed by atoms with Gasteiger partial charge in [-0.25, -0.2) is 4.39 Å². The minimum absolute atomic E-state index is 0.155. The maximum absolute atomic E-state index is 11.9. The second-order valence-electron chi connectivity index (χ2n) is 1.50. The minimum Gasteiger partial charge on any atom is -0.294 e. The Bertz CT molecular complexity index is 165. The van der Waals surface area contributed by atoms with Gasteiger partial charge in [-0.15, -0.1) is 0 Å². The normalized spacial score (nSPS) is 18.6. The Morgan fingerprint density at radius 1 is 1.75 bits per heavy atom. The van der Waals surface area contributed by atoms with Crippen LogP contribution in [0.1, 0.15) is 6.42 Å². The van der Waals surface area contributed by atoms with Gasteiger partial charge in [0.05, 0.1) is 0 Å². The predicted octanol–water partition coefficient (Wildman–Crippen LogP) is 1.17. The van der Waals surface area contributed by atoms with Gasteiger partial charge in [0.15, 0.2) is 5.78 Å². The van der Waals surface area contributed by atoms with Crippen molar-refractivity contribution in [2.45, 2.75) is 6.42 Å². The van der Waals surface area contributed by atoms with E-state index in [-0.39, 0.29) is 18.0 Å². The fraction of sp³-hybridized carbons (Fsp3) is 0.167. The van der Waals surface area contributed by atoms with Gasteiger partial charge in [-0.1, -0.05) is 0 Å². The minimum atomic E-state index is -0.371. The summed E-state index contributed by atoms with van der Waals surface area (Å²) >= 11 is 0. The lowest BCUT2D eigenvalue weighted by molar-refractivity contribution is -0.114. The molecule has 1 aliphatic carbocycles. The molecule has 0 spiro atoms. The van der Waals surface area contributed by atoms with E-state index in [0.717, 1.165) is 6.08 Å². The molecule has 0 bridgehead atoms. The lowest BCUT2D eigenvalue weighted by Gasteiger charge is -1.92. The number of hydrogen-bond donors (Lipinski definition) is 0. The molecule has 0 aliphatic heterocycles. The molecule has 0 unspecified atom stereocenters. The zero-order valence-electron chi connectivity index (χ0n) is 4.15. The van der Waals surface area contributed by atoms with Crippen LogP contribution in [-0.2, 0) is 4.79 Å². The van der Waals surface area contributed by atoms with Crippen LogP contribution < -0.4 is 0 Å². The smallest absolute Gasteiger partial charge is 0.167 e. The molecule has 0 aromatic heterocycles. The number of Topliss-reactive ketones (excluding diaryl/α,β-unsaturated/α-hetero) is 1. The van der Waals surface area contributed by atoms with Crippen LogP contribution in [0.5, 0.6) is 0 Å². The zero-order valence-corrected chi connectivity index (χ0v) is 4.15. The van der Waals surface area contributed by atoms with Gasteiger partial charge in [0.25, 0.3) is 0 Å². The summed E-state index contributed by atoms with van der Waals surface area (Å²) in [5.74, 6) is -0.531. The number of rotatable bonds is 0. The summed E-state index contributed by atoms with van der Waals surface area (Å²) in [4.78, 5) is 10.3. The highest BCUT2D eigenvalue weighted by molar-refractivity contribution is 5.88. The Balaban J connectivity index is 2.71. The van der Waals surface area contributed by atoms with E-state index in [2.05, 4.69) is 6.08 Å². The molecule has 1 aliphatic rings. The largest absolute Gasteiger partial charge is 0.294 e. The van der Waals surface area contributed by atoms with Crippen LogP contribution in [-0.4, -0.2) is 5.78 Å². The Labute approximate surface area is 46.5 Å². The summed E-state index contributed by atoms with van der Waals surface area (Å²) in [7, 11) is 0.